The average molecular weight is 579 g/mol. The second-order valence-electron chi connectivity index (χ2n) is 15.5. The Labute approximate surface area is 260 Å². The third kappa shape index (κ3) is 2.70. The zero-order chi connectivity index (χ0) is 30.3. The summed E-state index contributed by atoms with van der Waals surface area (Å²) < 4.78 is 5.02. The molecule has 4 aromatic heterocycles. The average Bonchev–Trinajstić information content (AvgIpc) is 3.60. The normalized spacial score (nSPS) is 14.4. The number of fused-ring (bicyclic) bond motifs is 8. The van der Waals surface area contributed by atoms with Gasteiger partial charge in [0.05, 0.1) is 33.1 Å². The molecule has 0 radical (unpaired) electrons. The summed E-state index contributed by atoms with van der Waals surface area (Å²) in [6.07, 6.45) is 0. The third-order valence-corrected chi connectivity index (χ3v) is 10.9. The number of benzene rings is 5. The molecule has 2 aliphatic rings. The fourth-order valence-electron chi connectivity index (χ4n) is 8.74. The molecule has 45 heavy (non-hydrogen) atoms. The van der Waals surface area contributed by atoms with E-state index >= 15 is 0 Å². The highest BCUT2D eigenvalue weighted by Crippen LogP contribution is 2.42. The van der Waals surface area contributed by atoms with Gasteiger partial charge in [0, 0.05) is 21.5 Å². The lowest BCUT2D eigenvalue weighted by atomic mass is 9.34. The van der Waals surface area contributed by atoms with Crippen LogP contribution in [0.4, 0.5) is 0 Å². The Morgan fingerprint density at radius 1 is 0.489 bits per heavy atom. The number of imidazole rings is 2. The predicted molar refractivity (Wildman–Crippen MR) is 191 cm³/mol. The highest BCUT2D eigenvalue weighted by molar-refractivity contribution is 7.01. The Morgan fingerprint density at radius 2 is 0.911 bits per heavy atom. The van der Waals surface area contributed by atoms with Crippen molar-refractivity contribution >= 4 is 99.8 Å². The van der Waals surface area contributed by atoms with E-state index in [-0.39, 0.29) is 17.5 Å². The zero-order valence-corrected chi connectivity index (χ0v) is 26.4. The summed E-state index contributed by atoms with van der Waals surface area (Å²) in [5.41, 5.74) is 16.1. The SMILES string of the molecule is CC(C)(C)c1cc2c3c(c1)nc1c4ccccc4c4cc5c6ccccc6c6nc7cc(C(C)(C)C)cc8c7n6c5c(c4n13)B28. The van der Waals surface area contributed by atoms with Crippen LogP contribution < -0.4 is 16.4 Å². The molecule has 0 amide bonds. The Balaban J connectivity index is 1.53. The van der Waals surface area contributed by atoms with Gasteiger partial charge in [0.2, 0.25) is 0 Å². The van der Waals surface area contributed by atoms with Gasteiger partial charge >= 0.3 is 0 Å². The number of pyridine rings is 2. The molecule has 214 valence electrons. The molecule has 6 heterocycles. The van der Waals surface area contributed by atoms with E-state index in [1.807, 2.05) is 0 Å². The lowest BCUT2D eigenvalue weighted by Gasteiger charge is -2.32. The van der Waals surface area contributed by atoms with Gasteiger partial charge in [-0.2, -0.15) is 0 Å². The number of rotatable bonds is 0. The molecular formula is C40H31BN4. The molecule has 0 aliphatic carbocycles. The van der Waals surface area contributed by atoms with E-state index in [0.29, 0.717) is 0 Å². The quantitative estimate of drug-likeness (QED) is 0.105. The molecule has 5 heteroatoms. The van der Waals surface area contributed by atoms with Crippen LogP contribution in [0.3, 0.4) is 0 Å². The predicted octanol–water partition coefficient (Wildman–Crippen LogP) is 7.64. The third-order valence-electron chi connectivity index (χ3n) is 10.9. The van der Waals surface area contributed by atoms with Crippen molar-refractivity contribution in [3.8, 4) is 0 Å². The van der Waals surface area contributed by atoms with Gasteiger partial charge in [-0.15, -0.1) is 0 Å². The van der Waals surface area contributed by atoms with E-state index in [1.165, 1.54) is 81.9 Å². The van der Waals surface area contributed by atoms with Gasteiger partial charge in [-0.05, 0) is 67.3 Å². The maximum absolute atomic E-state index is 5.46. The van der Waals surface area contributed by atoms with Gasteiger partial charge in [-0.3, -0.25) is 8.80 Å². The minimum Gasteiger partial charge on any atom is -0.293 e. The van der Waals surface area contributed by atoms with E-state index in [2.05, 4.69) is 129 Å². The van der Waals surface area contributed by atoms with Crippen LogP contribution in [-0.2, 0) is 10.8 Å². The molecule has 5 aromatic carbocycles. The molecule has 0 unspecified atom stereocenters. The Bertz CT molecular complexity index is 2700. The Kier molecular flexibility index (Phi) is 3.97. The van der Waals surface area contributed by atoms with E-state index < -0.39 is 0 Å². The smallest absolute Gasteiger partial charge is 0.252 e. The number of aromatic nitrogens is 4. The second-order valence-corrected chi connectivity index (χ2v) is 15.5. The summed E-state index contributed by atoms with van der Waals surface area (Å²) in [6.45, 7) is 14.0. The Hall–Kier alpha value is -4.90. The number of nitrogens with zero attached hydrogens (tertiary/aromatic N) is 4. The topological polar surface area (TPSA) is 34.6 Å². The van der Waals surface area contributed by atoms with E-state index in [9.17, 15) is 0 Å². The van der Waals surface area contributed by atoms with Crippen LogP contribution in [0.5, 0.6) is 0 Å². The zero-order valence-electron chi connectivity index (χ0n) is 26.4. The molecule has 11 rings (SSSR count). The summed E-state index contributed by atoms with van der Waals surface area (Å²) in [7, 11) is 0. The summed E-state index contributed by atoms with van der Waals surface area (Å²) in [4.78, 5) is 10.9. The summed E-state index contributed by atoms with van der Waals surface area (Å²) >= 11 is 0. The van der Waals surface area contributed by atoms with Gasteiger partial charge in [-0.1, -0.05) is 102 Å². The molecule has 0 saturated heterocycles. The molecule has 2 aliphatic heterocycles. The summed E-state index contributed by atoms with van der Waals surface area (Å²) in [5.74, 6) is 0. The van der Waals surface area contributed by atoms with Crippen LogP contribution in [0.2, 0.25) is 0 Å². The fourth-order valence-corrected chi connectivity index (χ4v) is 8.74. The lowest BCUT2D eigenvalue weighted by molar-refractivity contribution is 0.591. The van der Waals surface area contributed by atoms with Crippen molar-refractivity contribution < 1.29 is 0 Å². The van der Waals surface area contributed by atoms with Crippen molar-refractivity contribution in [2.75, 3.05) is 0 Å². The van der Waals surface area contributed by atoms with Crippen molar-refractivity contribution in [3.63, 3.8) is 0 Å². The molecule has 0 fully saturated rings. The maximum atomic E-state index is 5.46. The van der Waals surface area contributed by atoms with Crippen LogP contribution in [0.15, 0.2) is 78.9 Å². The van der Waals surface area contributed by atoms with Crippen molar-refractivity contribution in [3.05, 3.63) is 90.0 Å². The van der Waals surface area contributed by atoms with Crippen LogP contribution in [0, 0.1) is 0 Å². The summed E-state index contributed by atoms with van der Waals surface area (Å²) in [5, 5.41) is 7.53. The molecule has 0 atom stereocenters. The molecule has 4 nitrogen and oxygen atoms in total. The highest BCUT2D eigenvalue weighted by Gasteiger charge is 2.41. The van der Waals surface area contributed by atoms with Crippen molar-refractivity contribution in [1.82, 2.24) is 18.8 Å². The standard InChI is InChI=1S/C40H31BN4/c1-39(2,3)20-15-28-35-30(17-20)42-37-24-13-9-7-11-22(24)26-19-27-23-12-8-10-14-25(23)38-43-31-18-21(40(4,5)6)16-29-36(31)45(38)34(27)32(41(28)29)33(26)44(35)37/h7-19H,1-6H3. The first-order valence-corrected chi connectivity index (χ1v) is 16.1. The first-order valence-electron chi connectivity index (χ1n) is 16.1. The lowest BCUT2D eigenvalue weighted by Crippen LogP contribution is -2.57. The molecule has 0 saturated carbocycles. The van der Waals surface area contributed by atoms with Gasteiger partial charge in [-0.25, -0.2) is 9.97 Å². The monoisotopic (exact) mass is 578 g/mol. The highest BCUT2D eigenvalue weighted by atomic mass is 15.0. The number of hydrogen-bond donors (Lipinski definition) is 0. The van der Waals surface area contributed by atoms with Gasteiger partial charge in [0.1, 0.15) is 11.3 Å². The maximum Gasteiger partial charge on any atom is 0.252 e. The minimum atomic E-state index is -0.0145. The minimum absolute atomic E-state index is 0.0145. The van der Waals surface area contributed by atoms with Crippen LogP contribution >= 0.6 is 0 Å². The van der Waals surface area contributed by atoms with Crippen LogP contribution in [-0.4, -0.2) is 25.5 Å². The molecule has 9 aromatic rings. The molecule has 0 N–H and O–H groups in total. The van der Waals surface area contributed by atoms with Gasteiger partial charge in [0.15, 0.2) is 0 Å². The van der Waals surface area contributed by atoms with Crippen molar-refractivity contribution in [2.24, 2.45) is 0 Å². The Morgan fingerprint density at radius 3 is 1.33 bits per heavy atom. The summed E-state index contributed by atoms with van der Waals surface area (Å²) in [6, 6.07) is 29.9. The molecule has 0 bridgehead atoms. The fraction of sp³-hybridized carbons (Fsp3) is 0.200. The number of hydrogen-bond acceptors (Lipinski definition) is 2. The van der Waals surface area contributed by atoms with E-state index in [1.54, 1.807) is 0 Å². The first-order chi connectivity index (χ1) is 21.6. The van der Waals surface area contributed by atoms with E-state index in [4.69, 9.17) is 9.97 Å². The van der Waals surface area contributed by atoms with Gasteiger partial charge < -0.3 is 0 Å². The molecular weight excluding hydrogens is 547 g/mol. The van der Waals surface area contributed by atoms with Gasteiger partial charge in [0.25, 0.3) is 6.71 Å². The van der Waals surface area contributed by atoms with Crippen molar-refractivity contribution in [1.29, 1.82) is 0 Å². The van der Waals surface area contributed by atoms with Crippen molar-refractivity contribution in [2.45, 2.75) is 52.4 Å². The second kappa shape index (κ2) is 7.31. The first kappa shape index (κ1) is 24.4. The largest absolute Gasteiger partial charge is 0.293 e. The van der Waals surface area contributed by atoms with Crippen LogP contribution in [0.25, 0.3) is 76.7 Å². The molecule has 0 spiro atoms. The van der Waals surface area contributed by atoms with Crippen LogP contribution in [0.1, 0.15) is 52.7 Å². The van der Waals surface area contributed by atoms with E-state index in [0.717, 1.165) is 22.3 Å².